The van der Waals surface area contributed by atoms with Gasteiger partial charge < -0.3 is 10.6 Å². The van der Waals surface area contributed by atoms with Gasteiger partial charge in [-0.3, -0.25) is 4.79 Å². The van der Waals surface area contributed by atoms with Crippen LogP contribution in [-0.4, -0.2) is 35.3 Å². The van der Waals surface area contributed by atoms with Crippen LogP contribution in [0, 0.1) is 5.92 Å². The molecule has 1 aliphatic carbocycles. The SMILES string of the molecule is Cl.O=C(NCCC1CCNC1)c1nn(-c2ccc(Cl)cc2Cl)c2c1CCC2. The molecule has 0 radical (unpaired) electrons. The minimum atomic E-state index is -0.0852. The van der Waals surface area contributed by atoms with Gasteiger partial charge in [0.05, 0.1) is 10.7 Å². The Kier molecular flexibility index (Phi) is 6.69. The van der Waals surface area contributed by atoms with Gasteiger partial charge in [-0.2, -0.15) is 5.10 Å². The molecule has 1 saturated heterocycles. The van der Waals surface area contributed by atoms with E-state index in [0.29, 0.717) is 28.2 Å². The van der Waals surface area contributed by atoms with Crippen LogP contribution in [0.2, 0.25) is 10.0 Å². The van der Waals surface area contributed by atoms with Gasteiger partial charge in [-0.25, -0.2) is 4.68 Å². The van der Waals surface area contributed by atoms with Crippen LogP contribution in [0.25, 0.3) is 5.69 Å². The van der Waals surface area contributed by atoms with Crippen molar-refractivity contribution in [1.82, 2.24) is 20.4 Å². The summed E-state index contributed by atoms with van der Waals surface area (Å²) < 4.78 is 1.82. The monoisotopic (exact) mass is 428 g/mol. The molecule has 1 atom stereocenters. The van der Waals surface area contributed by atoms with Crippen LogP contribution in [0.5, 0.6) is 0 Å². The molecular weight excluding hydrogens is 407 g/mol. The maximum absolute atomic E-state index is 12.7. The van der Waals surface area contributed by atoms with Crippen molar-refractivity contribution in [1.29, 1.82) is 0 Å². The third kappa shape index (κ3) is 4.27. The van der Waals surface area contributed by atoms with Crippen LogP contribution in [-0.2, 0) is 12.8 Å². The van der Waals surface area contributed by atoms with Crippen molar-refractivity contribution >= 4 is 41.5 Å². The van der Waals surface area contributed by atoms with Gasteiger partial charge in [0.2, 0.25) is 0 Å². The highest BCUT2D eigenvalue weighted by molar-refractivity contribution is 6.35. The van der Waals surface area contributed by atoms with E-state index in [-0.39, 0.29) is 18.3 Å². The molecule has 1 aromatic carbocycles. The highest BCUT2D eigenvalue weighted by Crippen LogP contribution is 2.31. The number of rotatable bonds is 5. The number of hydrogen-bond acceptors (Lipinski definition) is 3. The number of halogens is 3. The summed E-state index contributed by atoms with van der Waals surface area (Å²) in [4.78, 5) is 12.7. The lowest BCUT2D eigenvalue weighted by Gasteiger charge is -2.09. The van der Waals surface area contributed by atoms with E-state index in [0.717, 1.165) is 55.7 Å². The van der Waals surface area contributed by atoms with Crippen molar-refractivity contribution in [2.45, 2.75) is 32.1 Å². The Balaban J connectivity index is 0.00000210. The summed E-state index contributed by atoms with van der Waals surface area (Å²) in [6.45, 7) is 2.82. The summed E-state index contributed by atoms with van der Waals surface area (Å²) in [6.07, 6.45) is 5.02. The van der Waals surface area contributed by atoms with Gasteiger partial charge in [0.1, 0.15) is 0 Å². The van der Waals surface area contributed by atoms with Crippen molar-refractivity contribution in [3.05, 3.63) is 45.2 Å². The fourth-order valence-electron chi connectivity index (χ4n) is 3.91. The van der Waals surface area contributed by atoms with Crippen LogP contribution in [0.3, 0.4) is 0 Å². The molecule has 1 amide bonds. The summed E-state index contributed by atoms with van der Waals surface area (Å²) in [5.74, 6) is 0.574. The summed E-state index contributed by atoms with van der Waals surface area (Å²) in [7, 11) is 0. The zero-order valence-electron chi connectivity index (χ0n) is 14.9. The van der Waals surface area contributed by atoms with E-state index in [2.05, 4.69) is 15.7 Å². The molecule has 2 N–H and O–H groups in total. The number of nitrogens with one attached hydrogen (secondary N) is 2. The van der Waals surface area contributed by atoms with E-state index in [4.69, 9.17) is 23.2 Å². The molecule has 0 bridgehead atoms. The summed E-state index contributed by atoms with van der Waals surface area (Å²) in [5.41, 5.74) is 3.44. The Morgan fingerprint density at radius 2 is 2.19 bits per heavy atom. The van der Waals surface area contributed by atoms with Crippen molar-refractivity contribution in [2.75, 3.05) is 19.6 Å². The van der Waals surface area contributed by atoms with Gasteiger partial charge in [0.25, 0.3) is 5.91 Å². The Morgan fingerprint density at radius 1 is 1.33 bits per heavy atom. The second-order valence-electron chi connectivity index (χ2n) is 7.04. The largest absolute Gasteiger partial charge is 0.351 e. The molecule has 2 aromatic rings. The fourth-order valence-corrected chi connectivity index (χ4v) is 4.40. The molecule has 4 rings (SSSR count). The Hall–Kier alpha value is -1.27. The number of carbonyl (C=O) groups excluding carboxylic acids is 1. The molecule has 8 heteroatoms. The van der Waals surface area contributed by atoms with E-state index in [1.807, 2.05) is 10.7 Å². The Bertz CT molecular complexity index is 831. The first-order chi connectivity index (χ1) is 12.6. The van der Waals surface area contributed by atoms with Crippen molar-refractivity contribution in [2.24, 2.45) is 5.92 Å². The van der Waals surface area contributed by atoms with Gasteiger partial charge >= 0.3 is 0 Å². The molecule has 0 saturated carbocycles. The number of carbonyl (C=O) groups is 1. The Labute approximate surface area is 175 Å². The zero-order chi connectivity index (χ0) is 18.1. The molecule has 27 heavy (non-hydrogen) atoms. The first-order valence-corrected chi connectivity index (χ1v) is 9.94. The summed E-state index contributed by atoms with van der Waals surface area (Å²) in [6, 6.07) is 5.35. The minimum absolute atomic E-state index is 0. The maximum atomic E-state index is 12.7. The quantitative estimate of drug-likeness (QED) is 0.759. The number of benzene rings is 1. The van der Waals surface area contributed by atoms with Gasteiger partial charge in [0, 0.05) is 22.8 Å². The summed E-state index contributed by atoms with van der Waals surface area (Å²) >= 11 is 12.4. The second kappa shape index (κ2) is 8.82. The molecule has 5 nitrogen and oxygen atoms in total. The molecule has 1 aromatic heterocycles. The number of hydrogen-bond donors (Lipinski definition) is 2. The molecule has 2 aliphatic rings. The number of amides is 1. The van der Waals surface area contributed by atoms with Gasteiger partial charge in [-0.1, -0.05) is 23.2 Å². The highest BCUT2D eigenvalue weighted by Gasteiger charge is 2.27. The van der Waals surface area contributed by atoms with E-state index in [1.165, 1.54) is 6.42 Å². The van der Waals surface area contributed by atoms with Gasteiger partial charge in [-0.05, 0) is 69.3 Å². The van der Waals surface area contributed by atoms with Crippen LogP contribution in [0.1, 0.15) is 41.0 Å². The average molecular weight is 430 g/mol. The molecule has 1 unspecified atom stereocenters. The van der Waals surface area contributed by atoms with Crippen LogP contribution >= 0.6 is 35.6 Å². The topological polar surface area (TPSA) is 59.0 Å². The lowest BCUT2D eigenvalue weighted by atomic mass is 10.1. The summed E-state index contributed by atoms with van der Waals surface area (Å²) in [5, 5.41) is 12.1. The average Bonchev–Trinajstić information content (AvgIpc) is 3.32. The van der Waals surface area contributed by atoms with E-state index >= 15 is 0 Å². The third-order valence-corrected chi connectivity index (χ3v) is 5.82. The predicted octanol–water partition coefficient (Wildman–Crippen LogP) is 3.82. The van der Waals surface area contributed by atoms with Gasteiger partial charge in [-0.15, -0.1) is 12.4 Å². The smallest absolute Gasteiger partial charge is 0.272 e. The molecule has 146 valence electrons. The zero-order valence-corrected chi connectivity index (χ0v) is 17.3. The molecule has 2 heterocycles. The fraction of sp³-hybridized carbons (Fsp3) is 0.474. The standard InChI is InChI=1S/C19H22Cl2N4O.ClH/c20-13-4-5-17(15(21)10-13)25-16-3-1-2-14(16)18(24-25)19(26)23-9-7-12-6-8-22-11-12;/h4-5,10,12,22H,1-3,6-9,11H2,(H,23,26);1H. The molecular formula is C19H23Cl3N4O. The lowest BCUT2D eigenvalue weighted by molar-refractivity contribution is 0.0945. The van der Waals surface area contributed by atoms with Gasteiger partial charge in [0.15, 0.2) is 5.69 Å². The van der Waals surface area contributed by atoms with Crippen LogP contribution in [0.15, 0.2) is 18.2 Å². The van der Waals surface area contributed by atoms with Crippen molar-refractivity contribution in [3.63, 3.8) is 0 Å². The molecule has 1 fully saturated rings. The second-order valence-corrected chi connectivity index (χ2v) is 7.88. The number of aromatic nitrogens is 2. The van der Waals surface area contributed by atoms with Crippen LogP contribution in [0.4, 0.5) is 0 Å². The van der Waals surface area contributed by atoms with E-state index in [1.54, 1.807) is 12.1 Å². The molecule has 1 aliphatic heterocycles. The van der Waals surface area contributed by atoms with E-state index in [9.17, 15) is 4.79 Å². The van der Waals surface area contributed by atoms with Crippen molar-refractivity contribution < 1.29 is 4.79 Å². The van der Waals surface area contributed by atoms with Crippen LogP contribution < -0.4 is 10.6 Å². The maximum Gasteiger partial charge on any atom is 0.272 e. The first-order valence-electron chi connectivity index (χ1n) is 9.18. The normalized spacial score (nSPS) is 18.2. The van der Waals surface area contributed by atoms with Crippen molar-refractivity contribution in [3.8, 4) is 5.69 Å². The number of nitrogens with zero attached hydrogens (tertiary/aromatic N) is 2. The highest BCUT2D eigenvalue weighted by atomic mass is 35.5. The lowest BCUT2D eigenvalue weighted by Crippen LogP contribution is -2.27. The minimum Gasteiger partial charge on any atom is -0.351 e. The predicted molar refractivity (Wildman–Crippen MR) is 111 cm³/mol. The first kappa shape index (κ1) is 20.5. The Morgan fingerprint density at radius 3 is 2.93 bits per heavy atom. The van der Waals surface area contributed by atoms with E-state index < -0.39 is 0 Å². The third-order valence-electron chi connectivity index (χ3n) is 5.28. The number of fused-ring (bicyclic) bond motifs is 1. The molecule has 0 spiro atoms.